The fraction of sp³-hybridized carbons (Fsp3) is 0.467. The maximum absolute atomic E-state index is 13.3. The quantitative estimate of drug-likeness (QED) is 0.885. The molecular weight excluding hydrogens is 337 g/mol. The monoisotopic (exact) mass is 353 g/mol. The minimum Gasteiger partial charge on any atom is -0.334 e. The van der Waals surface area contributed by atoms with Gasteiger partial charge in [0.05, 0.1) is 10.0 Å². The lowest BCUT2D eigenvalue weighted by molar-refractivity contribution is 0.222. The third-order valence-corrected chi connectivity index (χ3v) is 4.68. The maximum Gasteiger partial charge on any atom is 0.258 e. The highest BCUT2D eigenvalue weighted by Gasteiger charge is 2.37. The van der Waals surface area contributed by atoms with Crippen LogP contribution in [0.4, 0.5) is 4.39 Å². The average molecular weight is 354 g/mol. The summed E-state index contributed by atoms with van der Waals surface area (Å²) < 4.78 is 19.0. The summed E-state index contributed by atoms with van der Waals surface area (Å²) in [5.74, 6) is 1.15. The number of halogens is 2. The van der Waals surface area contributed by atoms with Crippen LogP contribution in [-0.4, -0.2) is 10.1 Å². The van der Waals surface area contributed by atoms with Crippen molar-refractivity contribution in [3.8, 4) is 11.5 Å². The van der Waals surface area contributed by atoms with Gasteiger partial charge in [-0.15, -0.1) is 0 Å². The number of nitrogens with zero attached hydrogens (tertiary/aromatic N) is 2. The van der Waals surface area contributed by atoms with E-state index in [-0.39, 0.29) is 5.82 Å². The van der Waals surface area contributed by atoms with Gasteiger partial charge >= 0.3 is 0 Å². The van der Waals surface area contributed by atoms with Gasteiger partial charge < -0.3 is 10.3 Å². The summed E-state index contributed by atoms with van der Waals surface area (Å²) in [7, 11) is 0. The number of nitrogens with two attached hydrogens (primary N) is 1. The molecule has 0 spiro atoms. The molecular formula is C15H17BrFN3O. The van der Waals surface area contributed by atoms with E-state index in [0.717, 1.165) is 19.3 Å². The third-order valence-electron chi connectivity index (χ3n) is 4.07. The summed E-state index contributed by atoms with van der Waals surface area (Å²) in [6.07, 6.45) is 3.99. The Morgan fingerprint density at radius 2 is 2.29 bits per heavy atom. The van der Waals surface area contributed by atoms with Crippen LogP contribution in [0.15, 0.2) is 27.2 Å². The second-order valence-corrected chi connectivity index (χ2v) is 6.76. The van der Waals surface area contributed by atoms with Crippen molar-refractivity contribution in [3.05, 3.63) is 34.3 Å². The van der Waals surface area contributed by atoms with Crippen molar-refractivity contribution in [3.63, 3.8) is 0 Å². The highest BCUT2D eigenvalue weighted by atomic mass is 79.9. The molecule has 1 aliphatic rings. The SMILES string of the molecule is CC1CCCC(N)(c2noc(-c3ccc(F)c(Br)c3)n2)C1. The zero-order valence-electron chi connectivity index (χ0n) is 11.8. The Labute approximate surface area is 131 Å². The van der Waals surface area contributed by atoms with E-state index in [2.05, 4.69) is 33.0 Å². The molecule has 1 saturated carbocycles. The van der Waals surface area contributed by atoms with Crippen molar-refractivity contribution in [1.82, 2.24) is 10.1 Å². The number of hydrogen-bond donors (Lipinski definition) is 1. The number of aromatic nitrogens is 2. The van der Waals surface area contributed by atoms with Gasteiger partial charge in [-0.1, -0.05) is 24.9 Å². The molecule has 2 atom stereocenters. The van der Waals surface area contributed by atoms with Crippen LogP contribution in [0, 0.1) is 11.7 Å². The van der Waals surface area contributed by atoms with Crippen molar-refractivity contribution >= 4 is 15.9 Å². The van der Waals surface area contributed by atoms with Crippen LogP contribution in [0.3, 0.4) is 0 Å². The van der Waals surface area contributed by atoms with Crippen molar-refractivity contribution < 1.29 is 8.91 Å². The van der Waals surface area contributed by atoms with Gasteiger partial charge in [-0.05, 0) is 52.9 Å². The number of benzene rings is 1. The van der Waals surface area contributed by atoms with E-state index in [4.69, 9.17) is 10.3 Å². The predicted octanol–water partition coefficient (Wildman–Crippen LogP) is 4.00. The second kappa shape index (κ2) is 5.50. The Morgan fingerprint density at radius 1 is 1.48 bits per heavy atom. The molecule has 1 aromatic carbocycles. The number of rotatable bonds is 2. The van der Waals surface area contributed by atoms with Crippen LogP contribution in [0.5, 0.6) is 0 Å². The van der Waals surface area contributed by atoms with Gasteiger partial charge in [0, 0.05) is 5.56 Å². The molecule has 0 amide bonds. The van der Waals surface area contributed by atoms with Crippen LogP contribution in [-0.2, 0) is 5.54 Å². The molecule has 0 aliphatic heterocycles. The van der Waals surface area contributed by atoms with Crippen LogP contribution in [0.2, 0.25) is 0 Å². The molecule has 112 valence electrons. The topological polar surface area (TPSA) is 64.9 Å². The summed E-state index contributed by atoms with van der Waals surface area (Å²) >= 11 is 3.16. The fourth-order valence-corrected chi connectivity index (χ4v) is 3.35. The fourth-order valence-electron chi connectivity index (χ4n) is 2.97. The molecule has 0 bridgehead atoms. The highest BCUT2D eigenvalue weighted by Crippen LogP contribution is 2.37. The molecule has 2 N–H and O–H groups in total. The molecule has 1 aromatic heterocycles. The van der Waals surface area contributed by atoms with Gasteiger partial charge in [0.1, 0.15) is 5.82 Å². The summed E-state index contributed by atoms with van der Waals surface area (Å²) in [4.78, 5) is 4.44. The van der Waals surface area contributed by atoms with Gasteiger partial charge in [0.15, 0.2) is 5.82 Å². The molecule has 3 rings (SSSR count). The molecule has 1 fully saturated rings. The highest BCUT2D eigenvalue weighted by molar-refractivity contribution is 9.10. The first-order valence-electron chi connectivity index (χ1n) is 7.06. The minimum absolute atomic E-state index is 0.324. The lowest BCUT2D eigenvalue weighted by Crippen LogP contribution is -2.42. The Bertz CT molecular complexity index is 660. The van der Waals surface area contributed by atoms with E-state index < -0.39 is 5.54 Å². The average Bonchev–Trinajstić information content (AvgIpc) is 2.92. The first-order chi connectivity index (χ1) is 9.98. The Morgan fingerprint density at radius 3 is 3.00 bits per heavy atom. The Balaban J connectivity index is 1.90. The van der Waals surface area contributed by atoms with E-state index in [9.17, 15) is 4.39 Å². The summed E-state index contributed by atoms with van der Waals surface area (Å²) in [6, 6.07) is 4.60. The summed E-state index contributed by atoms with van der Waals surface area (Å²) in [5, 5.41) is 4.05. The van der Waals surface area contributed by atoms with E-state index >= 15 is 0 Å². The predicted molar refractivity (Wildman–Crippen MR) is 80.9 cm³/mol. The Kier molecular flexibility index (Phi) is 3.84. The lowest BCUT2D eigenvalue weighted by Gasteiger charge is -2.33. The molecule has 0 radical (unpaired) electrons. The summed E-state index contributed by atoms with van der Waals surface area (Å²) in [6.45, 7) is 2.19. The van der Waals surface area contributed by atoms with Crippen molar-refractivity contribution in [2.75, 3.05) is 0 Å². The van der Waals surface area contributed by atoms with Crippen LogP contribution < -0.4 is 5.73 Å². The van der Waals surface area contributed by atoms with Gasteiger partial charge in [-0.2, -0.15) is 4.98 Å². The van der Waals surface area contributed by atoms with E-state index in [1.54, 1.807) is 12.1 Å². The molecule has 0 saturated heterocycles. The smallest absolute Gasteiger partial charge is 0.258 e. The van der Waals surface area contributed by atoms with Gasteiger partial charge in [-0.3, -0.25) is 0 Å². The molecule has 2 aromatic rings. The zero-order valence-corrected chi connectivity index (χ0v) is 13.4. The van der Waals surface area contributed by atoms with Crippen molar-refractivity contribution in [1.29, 1.82) is 0 Å². The molecule has 6 heteroatoms. The largest absolute Gasteiger partial charge is 0.334 e. The van der Waals surface area contributed by atoms with Crippen molar-refractivity contribution in [2.24, 2.45) is 11.7 Å². The first kappa shape index (κ1) is 14.7. The normalized spacial score (nSPS) is 26.0. The molecule has 1 heterocycles. The van der Waals surface area contributed by atoms with E-state index in [1.807, 2.05) is 0 Å². The lowest BCUT2D eigenvalue weighted by atomic mass is 9.76. The maximum atomic E-state index is 13.3. The standard InChI is InChI=1S/C15H17BrFN3O/c1-9-3-2-6-15(18,8-9)14-19-13(21-20-14)10-4-5-12(17)11(16)7-10/h4-5,7,9H,2-3,6,8,18H2,1H3. The van der Waals surface area contributed by atoms with Crippen LogP contribution >= 0.6 is 15.9 Å². The van der Waals surface area contributed by atoms with Gasteiger partial charge in [0.2, 0.25) is 0 Å². The van der Waals surface area contributed by atoms with E-state index in [0.29, 0.717) is 27.7 Å². The van der Waals surface area contributed by atoms with Gasteiger partial charge in [-0.25, -0.2) is 4.39 Å². The van der Waals surface area contributed by atoms with Crippen LogP contribution in [0.25, 0.3) is 11.5 Å². The molecule has 2 unspecified atom stereocenters. The molecule has 21 heavy (non-hydrogen) atoms. The molecule has 4 nitrogen and oxygen atoms in total. The third kappa shape index (κ3) is 2.87. The summed E-state index contributed by atoms with van der Waals surface area (Å²) in [5.41, 5.74) is 6.62. The van der Waals surface area contributed by atoms with Crippen molar-refractivity contribution in [2.45, 2.75) is 38.1 Å². The second-order valence-electron chi connectivity index (χ2n) is 5.91. The van der Waals surface area contributed by atoms with Crippen LogP contribution in [0.1, 0.15) is 38.4 Å². The zero-order chi connectivity index (χ0) is 15.0. The van der Waals surface area contributed by atoms with E-state index in [1.165, 1.54) is 12.5 Å². The first-order valence-corrected chi connectivity index (χ1v) is 7.86. The minimum atomic E-state index is -0.517. The molecule has 1 aliphatic carbocycles. The van der Waals surface area contributed by atoms with Gasteiger partial charge in [0.25, 0.3) is 5.89 Å². The Hall–Kier alpha value is -1.27. The number of hydrogen-bond acceptors (Lipinski definition) is 4.